The second kappa shape index (κ2) is 19.2. The van der Waals surface area contributed by atoms with E-state index in [9.17, 15) is 9.59 Å². The van der Waals surface area contributed by atoms with E-state index in [-0.39, 0.29) is 35.0 Å². The molecule has 12 nitrogen and oxygen atoms in total. The highest BCUT2D eigenvalue weighted by Gasteiger charge is 2.18. The van der Waals surface area contributed by atoms with Crippen LogP contribution in [0, 0.1) is 11.8 Å². The van der Waals surface area contributed by atoms with E-state index in [0.717, 1.165) is 21.5 Å². The van der Waals surface area contributed by atoms with Gasteiger partial charge in [0.1, 0.15) is 33.9 Å². The normalized spacial score (nSPS) is 11.7. The Morgan fingerprint density at radius 3 is 1.32 bits per heavy atom. The van der Waals surface area contributed by atoms with Gasteiger partial charge in [0.15, 0.2) is 0 Å². The van der Waals surface area contributed by atoms with Gasteiger partial charge < -0.3 is 20.1 Å². The zero-order valence-corrected chi connectivity index (χ0v) is 36.9. The SMILES string of the molecule is CC(C)COc1cc(C(=O)Nc2ccccc2)nc2c(N=Cc3ccc4ccc5ccc(C=Nc6cccc7c(OCC(C)C)cc(C(=O)Nc8ccccc8)nc67)nc5c4n3)cccc12. The number of amides is 2. The topological polar surface area (TPSA) is 153 Å². The largest absolute Gasteiger partial charge is 0.493 e. The van der Waals surface area contributed by atoms with Gasteiger partial charge in [0.2, 0.25) is 0 Å². The van der Waals surface area contributed by atoms with Crippen molar-refractivity contribution in [3.05, 3.63) is 168 Å². The highest BCUT2D eigenvalue weighted by Crippen LogP contribution is 2.34. The predicted octanol–water partition coefficient (Wildman–Crippen LogP) is 12.0. The molecule has 0 unspecified atom stereocenters. The summed E-state index contributed by atoms with van der Waals surface area (Å²) in [5, 5.41) is 9.16. The van der Waals surface area contributed by atoms with Crippen molar-refractivity contribution in [2.24, 2.45) is 21.8 Å². The smallest absolute Gasteiger partial charge is 0.274 e. The molecule has 0 fully saturated rings. The number of carbonyl (C=O) groups is 2. The molecule has 4 heterocycles. The molecular formula is C54H46N8O4. The van der Waals surface area contributed by atoms with E-state index < -0.39 is 0 Å². The third-order valence-corrected chi connectivity index (χ3v) is 10.5. The summed E-state index contributed by atoms with van der Waals surface area (Å²) >= 11 is 0. The number of aromatic nitrogens is 4. The van der Waals surface area contributed by atoms with E-state index in [1.165, 1.54) is 0 Å². The number of fused-ring (bicyclic) bond motifs is 5. The zero-order chi connectivity index (χ0) is 45.6. The molecule has 0 spiro atoms. The summed E-state index contributed by atoms with van der Waals surface area (Å²) in [5.41, 5.74) is 6.49. The van der Waals surface area contributed by atoms with E-state index in [2.05, 4.69) is 38.3 Å². The van der Waals surface area contributed by atoms with Crippen LogP contribution < -0.4 is 20.1 Å². The number of aliphatic imine (C=N–C) groups is 2. The molecule has 0 aliphatic heterocycles. The van der Waals surface area contributed by atoms with E-state index in [1.54, 1.807) is 24.6 Å². The van der Waals surface area contributed by atoms with E-state index >= 15 is 0 Å². The predicted molar refractivity (Wildman–Crippen MR) is 264 cm³/mol. The number of benzene rings is 5. The van der Waals surface area contributed by atoms with Gasteiger partial charge in [0.05, 0.1) is 59.4 Å². The summed E-state index contributed by atoms with van der Waals surface area (Å²) in [6.45, 7) is 9.22. The number of ether oxygens (including phenoxy) is 2. The van der Waals surface area contributed by atoms with Gasteiger partial charge in [-0.1, -0.05) is 100 Å². The van der Waals surface area contributed by atoms with Crippen molar-refractivity contribution >= 4 is 90.6 Å². The second-order valence-corrected chi connectivity index (χ2v) is 16.6. The van der Waals surface area contributed by atoms with Crippen molar-refractivity contribution in [1.82, 2.24) is 19.9 Å². The van der Waals surface area contributed by atoms with Crippen molar-refractivity contribution in [2.75, 3.05) is 23.8 Å². The monoisotopic (exact) mass is 870 g/mol. The van der Waals surface area contributed by atoms with Crippen molar-refractivity contribution < 1.29 is 19.1 Å². The number of pyridine rings is 4. The molecule has 5 aromatic carbocycles. The maximum Gasteiger partial charge on any atom is 0.274 e. The highest BCUT2D eigenvalue weighted by molar-refractivity contribution is 6.08. The maximum atomic E-state index is 13.5. The van der Waals surface area contributed by atoms with Crippen LogP contribution in [0.15, 0.2) is 156 Å². The Morgan fingerprint density at radius 1 is 0.500 bits per heavy atom. The molecule has 66 heavy (non-hydrogen) atoms. The van der Waals surface area contributed by atoms with Gasteiger partial charge in [-0.15, -0.1) is 0 Å². The number of nitrogens with zero attached hydrogens (tertiary/aromatic N) is 6. The number of para-hydroxylation sites is 4. The van der Waals surface area contributed by atoms with Gasteiger partial charge in [-0.05, 0) is 72.5 Å². The molecule has 0 aliphatic carbocycles. The minimum atomic E-state index is -0.358. The molecule has 9 rings (SSSR count). The molecule has 0 bridgehead atoms. The van der Waals surface area contributed by atoms with Gasteiger partial charge >= 0.3 is 0 Å². The molecule has 2 amide bonds. The molecule has 0 saturated heterocycles. The lowest BCUT2D eigenvalue weighted by molar-refractivity contribution is 0.101. The fraction of sp³-hybridized carbons (Fsp3) is 0.148. The van der Waals surface area contributed by atoms with Crippen LogP contribution in [0.4, 0.5) is 22.7 Å². The zero-order valence-electron chi connectivity index (χ0n) is 36.9. The van der Waals surface area contributed by atoms with Crippen LogP contribution >= 0.6 is 0 Å². The van der Waals surface area contributed by atoms with Crippen LogP contribution in [0.1, 0.15) is 60.1 Å². The highest BCUT2D eigenvalue weighted by atomic mass is 16.5. The number of hydrogen-bond donors (Lipinski definition) is 2. The van der Waals surface area contributed by atoms with E-state index in [4.69, 9.17) is 39.4 Å². The molecule has 0 aliphatic rings. The second-order valence-electron chi connectivity index (χ2n) is 16.6. The molecular weight excluding hydrogens is 825 g/mol. The lowest BCUT2D eigenvalue weighted by Gasteiger charge is -2.14. The van der Waals surface area contributed by atoms with Crippen LogP contribution in [0.2, 0.25) is 0 Å². The first kappa shape index (κ1) is 42.9. The Balaban J connectivity index is 1.04. The molecule has 4 aromatic heterocycles. The van der Waals surface area contributed by atoms with Gasteiger partial charge in [-0.2, -0.15) is 0 Å². The third kappa shape index (κ3) is 9.73. The van der Waals surface area contributed by atoms with Crippen LogP contribution in [0.25, 0.3) is 43.6 Å². The number of anilines is 2. The van der Waals surface area contributed by atoms with Crippen molar-refractivity contribution in [2.45, 2.75) is 27.7 Å². The first-order valence-corrected chi connectivity index (χ1v) is 21.8. The number of carbonyl (C=O) groups excluding carboxylic acids is 2. The molecule has 2 N–H and O–H groups in total. The minimum Gasteiger partial charge on any atom is -0.493 e. The number of hydrogen-bond acceptors (Lipinski definition) is 10. The van der Waals surface area contributed by atoms with Gasteiger partial charge in [0, 0.05) is 45.1 Å². The fourth-order valence-electron chi connectivity index (χ4n) is 7.24. The van der Waals surface area contributed by atoms with Gasteiger partial charge in [-0.25, -0.2) is 19.9 Å². The van der Waals surface area contributed by atoms with E-state index in [1.807, 2.05) is 133 Å². The molecule has 0 atom stereocenters. The summed E-state index contributed by atoms with van der Waals surface area (Å²) in [6, 6.07) is 45.0. The van der Waals surface area contributed by atoms with Crippen molar-refractivity contribution in [3.8, 4) is 11.5 Å². The Labute approximate surface area is 381 Å². The summed E-state index contributed by atoms with van der Waals surface area (Å²) < 4.78 is 12.5. The Hall–Kier alpha value is -8.38. The lowest BCUT2D eigenvalue weighted by atomic mass is 10.1. The Bertz CT molecular complexity index is 3100. The standard InChI is InChI=1S/C54H46N8O4/c1-33(2)31-65-47-27-45(53(63)59-37-13-7-5-8-14-37)61-51-41(47)17-11-19-43(51)55-29-39-25-23-35-21-22-36-24-26-40(58-50(36)49(35)57-39)30-56-44-20-12-18-42-48(66-32-34(3)4)28-46(62-52(42)44)54(64)60-38-15-9-6-10-16-38/h5-30,33-34H,31-32H2,1-4H3,(H,59,63)(H,60,64). The molecule has 0 saturated carbocycles. The van der Waals surface area contributed by atoms with E-state index in [0.29, 0.717) is 80.9 Å². The molecule has 326 valence electrons. The summed E-state index contributed by atoms with van der Waals surface area (Å²) in [6.07, 6.45) is 3.37. The Morgan fingerprint density at radius 2 is 0.909 bits per heavy atom. The molecule has 9 aromatic rings. The quantitative estimate of drug-likeness (QED) is 0.0809. The first-order valence-electron chi connectivity index (χ1n) is 21.8. The van der Waals surface area contributed by atoms with Crippen LogP contribution in [-0.4, -0.2) is 57.4 Å². The first-order chi connectivity index (χ1) is 32.1. The van der Waals surface area contributed by atoms with Crippen LogP contribution in [0.5, 0.6) is 11.5 Å². The van der Waals surface area contributed by atoms with Gasteiger partial charge in [-0.3, -0.25) is 19.6 Å². The van der Waals surface area contributed by atoms with Crippen molar-refractivity contribution in [1.29, 1.82) is 0 Å². The fourth-order valence-corrected chi connectivity index (χ4v) is 7.24. The maximum absolute atomic E-state index is 13.5. The van der Waals surface area contributed by atoms with Crippen LogP contribution in [0.3, 0.4) is 0 Å². The average molecular weight is 871 g/mol. The molecule has 12 heteroatoms. The number of rotatable bonds is 14. The van der Waals surface area contributed by atoms with Crippen molar-refractivity contribution in [3.63, 3.8) is 0 Å². The summed E-state index contributed by atoms with van der Waals surface area (Å²) in [5.74, 6) is 0.926. The Kier molecular flexibility index (Phi) is 12.5. The summed E-state index contributed by atoms with van der Waals surface area (Å²) in [7, 11) is 0. The minimum absolute atomic E-state index is 0.210. The number of nitrogens with one attached hydrogen (secondary N) is 2. The average Bonchev–Trinajstić information content (AvgIpc) is 3.33. The summed E-state index contributed by atoms with van der Waals surface area (Å²) in [4.78, 5) is 56.3. The van der Waals surface area contributed by atoms with Gasteiger partial charge in [0.25, 0.3) is 11.8 Å². The lowest BCUT2D eigenvalue weighted by Crippen LogP contribution is -2.14. The third-order valence-electron chi connectivity index (χ3n) is 10.5. The molecule has 0 radical (unpaired) electrons. The van der Waals surface area contributed by atoms with Crippen LogP contribution in [-0.2, 0) is 0 Å².